The average Bonchev–Trinajstić information content (AvgIpc) is 3.19. The van der Waals surface area contributed by atoms with E-state index in [2.05, 4.69) is 0 Å². The summed E-state index contributed by atoms with van der Waals surface area (Å²) in [5.41, 5.74) is 1.35. The SMILES string of the molecule is O=C([O-])CN1C(=O)/C(=C2\SC(=S)N([C@H](Cc3ccccc3)C(=O)[O-])C2=O)c2ccccc21. The highest BCUT2D eigenvalue weighted by Crippen LogP contribution is 2.45. The van der Waals surface area contributed by atoms with Gasteiger partial charge in [-0.05, 0) is 18.1 Å². The monoisotopic (exact) mass is 466 g/mol. The molecule has 0 aromatic heterocycles. The summed E-state index contributed by atoms with van der Waals surface area (Å²) in [6.45, 7) is -0.685. The van der Waals surface area contributed by atoms with Gasteiger partial charge in [0.15, 0.2) is 0 Å². The summed E-state index contributed by atoms with van der Waals surface area (Å²) >= 11 is 6.10. The van der Waals surface area contributed by atoms with E-state index in [1.165, 1.54) is 0 Å². The highest BCUT2D eigenvalue weighted by atomic mass is 32.2. The normalized spacial score (nSPS) is 18.8. The molecule has 32 heavy (non-hydrogen) atoms. The van der Waals surface area contributed by atoms with Crippen LogP contribution in [0.1, 0.15) is 11.1 Å². The smallest absolute Gasteiger partial charge is 0.267 e. The lowest BCUT2D eigenvalue weighted by Gasteiger charge is -2.27. The summed E-state index contributed by atoms with van der Waals surface area (Å²) in [5, 5.41) is 23.1. The maximum Gasteiger partial charge on any atom is 0.267 e. The van der Waals surface area contributed by atoms with E-state index in [-0.39, 0.29) is 21.2 Å². The number of aliphatic carboxylic acids is 2. The fourth-order valence-corrected chi connectivity index (χ4v) is 5.13. The van der Waals surface area contributed by atoms with Crippen molar-refractivity contribution < 1.29 is 29.4 Å². The number of carboxylic acid groups (broad SMARTS) is 2. The predicted octanol–water partition coefficient (Wildman–Crippen LogP) is -0.284. The van der Waals surface area contributed by atoms with Gasteiger partial charge in [-0.3, -0.25) is 14.5 Å². The molecule has 2 aliphatic heterocycles. The molecule has 0 spiro atoms. The topological polar surface area (TPSA) is 121 Å². The molecule has 0 bridgehead atoms. The van der Waals surface area contributed by atoms with Gasteiger partial charge in [-0.1, -0.05) is 72.5 Å². The van der Waals surface area contributed by atoms with Gasteiger partial charge in [0.25, 0.3) is 11.8 Å². The number of para-hydroxylation sites is 1. The molecule has 162 valence electrons. The van der Waals surface area contributed by atoms with Crippen molar-refractivity contribution in [1.29, 1.82) is 0 Å². The summed E-state index contributed by atoms with van der Waals surface area (Å²) in [6.07, 6.45) is -0.0282. The number of rotatable bonds is 6. The predicted molar refractivity (Wildman–Crippen MR) is 117 cm³/mol. The lowest BCUT2D eigenvalue weighted by molar-refractivity contribution is -0.310. The van der Waals surface area contributed by atoms with Crippen LogP contribution in [0.3, 0.4) is 0 Å². The summed E-state index contributed by atoms with van der Waals surface area (Å²) < 4.78 is -0.0220. The molecule has 2 aliphatic rings. The molecule has 0 aliphatic carbocycles. The Morgan fingerprint density at radius 1 is 0.969 bits per heavy atom. The van der Waals surface area contributed by atoms with Crippen LogP contribution in [0.2, 0.25) is 0 Å². The third kappa shape index (κ3) is 3.78. The van der Waals surface area contributed by atoms with E-state index in [0.717, 1.165) is 21.6 Å². The van der Waals surface area contributed by atoms with Crippen LogP contribution in [0, 0.1) is 0 Å². The van der Waals surface area contributed by atoms with E-state index in [0.29, 0.717) is 16.8 Å². The Hall–Kier alpha value is -3.50. The molecular formula is C22H14N2O6S2-2. The molecule has 0 radical (unpaired) electrons. The Morgan fingerprint density at radius 3 is 2.28 bits per heavy atom. The Bertz CT molecular complexity index is 1190. The van der Waals surface area contributed by atoms with Crippen LogP contribution in [-0.2, 0) is 25.6 Å². The number of hydrogen-bond acceptors (Lipinski definition) is 8. The zero-order chi connectivity index (χ0) is 23.0. The molecule has 2 amide bonds. The largest absolute Gasteiger partial charge is 0.548 e. The summed E-state index contributed by atoms with van der Waals surface area (Å²) in [6, 6.07) is 13.8. The molecule has 2 heterocycles. The average molecular weight is 466 g/mol. The van der Waals surface area contributed by atoms with Crippen molar-refractivity contribution >= 4 is 63.3 Å². The molecule has 1 saturated heterocycles. The van der Waals surface area contributed by atoms with Gasteiger partial charge in [0.05, 0.1) is 40.7 Å². The fourth-order valence-electron chi connectivity index (χ4n) is 3.70. The van der Waals surface area contributed by atoms with Gasteiger partial charge in [0.2, 0.25) is 0 Å². The highest BCUT2D eigenvalue weighted by Gasteiger charge is 2.44. The molecule has 2 aromatic carbocycles. The first-order chi connectivity index (χ1) is 15.3. The number of nitrogens with zero attached hydrogens (tertiary/aromatic N) is 2. The molecule has 4 rings (SSSR count). The van der Waals surface area contributed by atoms with Crippen molar-refractivity contribution in [3.8, 4) is 0 Å². The van der Waals surface area contributed by atoms with Crippen LogP contribution >= 0.6 is 24.0 Å². The minimum Gasteiger partial charge on any atom is -0.548 e. The minimum absolute atomic E-state index is 0.0153. The van der Waals surface area contributed by atoms with Crippen molar-refractivity contribution in [2.24, 2.45) is 0 Å². The van der Waals surface area contributed by atoms with Crippen molar-refractivity contribution in [3.05, 3.63) is 70.6 Å². The fraction of sp³-hybridized carbons (Fsp3) is 0.136. The number of carbonyl (C=O) groups is 4. The van der Waals surface area contributed by atoms with Gasteiger partial charge in [-0.15, -0.1) is 0 Å². The number of thioether (sulfide) groups is 1. The molecular weight excluding hydrogens is 452 g/mol. The number of carboxylic acids is 2. The molecule has 8 nitrogen and oxygen atoms in total. The Morgan fingerprint density at radius 2 is 1.62 bits per heavy atom. The van der Waals surface area contributed by atoms with E-state index in [9.17, 15) is 29.4 Å². The van der Waals surface area contributed by atoms with Gasteiger partial charge >= 0.3 is 0 Å². The van der Waals surface area contributed by atoms with Crippen LogP contribution in [0.15, 0.2) is 59.5 Å². The lowest BCUT2D eigenvalue weighted by atomic mass is 10.0. The first kappa shape index (κ1) is 21.7. The van der Waals surface area contributed by atoms with E-state index in [1.54, 1.807) is 54.6 Å². The molecule has 1 fully saturated rings. The van der Waals surface area contributed by atoms with E-state index >= 15 is 0 Å². The molecule has 10 heteroatoms. The zero-order valence-electron chi connectivity index (χ0n) is 16.3. The number of amides is 2. The Kier molecular flexibility index (Phi) is 5.81. The highest BCUT2D eigenvalue weighted by molar-refractivity contribution is 8.26. The third-order valence-corrected chi connectivity index (χ3v) is 6.49. The number of carbonyl (C=O) groups excluding carboxylic acids is 4. The van der Waals surface area contributed by atoms with Crippen molar-refractivity contribution in [1.82, 2.24) is 4.90 Å². The second-order valence-corrected chi connectivity index (χ2v) is 8.70. The van der Waals surface area contributed by atoms with Crippen LogP contribution in [0.25, 0.3) is 5.57 Å². The number of fused-ring (bicyclic) bond motifs is 1. The molecule has 0 N–H and O–H groups in total. The van der Waals surface area contributed by atoms with Gasteiger partial charge in [0.1, 0.15) is 4.32 Å². The molecule has 0 unspecified atom stereocenters. The van der Waals surface area contributed by atoms with E-state index < -0.39 is 36.3 Å². The summed E-state index contributed by atoms with van der Waals surface area (Å²) in [5.74, 6) is -4.36. The number of hydrogen-bond donors (Lipinski definition) is 0. The lowest BCUT2D eigenvalue weighted by Crippen LogP contribution is -2.51. The van der Waals surface area contributed by atoms with Crippen molar-refractivity contribution in [3.63, 3.8) is 0 Å². The van der Waals surface area contributed by atoms with Crippen LogP contribution < -0.4 is 15.1 Å². The van der Waals surface area contributed by atoms with Gasteiger partial charge in [0, 0.05) is 5.56 Å². The number of benzene rings is 2. The van der Waals surface area contributed by atoms with E-state index in [4.69, 9.17) is 12.2 Å². The first-order valence-electron chi connectivity index (χ1n) is 9.45. The van der Waals surface area contributed by atoms with Crippen LogP contribution in [0.4, 0.5) is 5.69 Å². The van der Waals surface area contributed by atoms with Gasteiger partial charge in [-0.25, -0.2) is 0 Å². The number of thiocarbonyl (C=S) groups is 1. The van der Waals surface area contributed by atoms with Gasteiger partial charge in [-0.2, -0.15) is 0 Å². The molecule has 1 atom stereocenters. The second kappa shape index (κ2) is 8.56. The molecule has 0 saturated carbocycles. The second-order valence-electron chi connectivity index (χ2n) is 7.05. The molecule has 2 aromatic rings. The van der Waals surface area contributed by atoms with Crippen LogP contribution in [0.5, 0.6) is 0 Å². The number of anilines is 1. The summed E-state index contributed by atoms with van der Waals surface area (Å²) in [4.78, 5) is 51.3. The third-order valence-electron chi connectivity index (χ3n) is 5.09. The maximum atomic E-state index is 13.3. The van der Waals surface area contributed by atoms with Crippen molar-refractivity contribution in [2.75, 3.05) is 11.4 Å². The Labute approximate surface area is 192 Å². The quantitative estimate of drug-likeness (QED) is 0.421. The maximum absolute atomic E-state index is 13.3. The summed E-state index contributed by atoms with van der Waals surface area (Å²) in [7, 11) is 0. The Balaban J connectivity index is 1.75. The standard InChI is InChI=1S/C22H16N2O6S2/c25-16(26)11-23-14-9-5-4-8-13(14)17(19(23)27)18-20(28)24(22(31)32-18)15(21(29)30)10-12-6-2-1-3-7-12/h1-9,15H,10-11H2,(H,25,26)(H,29,30)/p-2/b18-17-/t15-/m1/s1. The first-order valence-corrected chi connectivity index (χ1v) is 10.7. The van der Waals surface area contributed by atoms with Gasteiger partial charge < -0.3 is 24.7 Å². The van der Waals surface area contributed by atoms with Crippen LogP contribution in [-0.4, -0.2) is 45.6 Å². The zero-order valence-corrected chi connectivity index (χ0v) is 18.0. The van der Waals surface area contributed by atoms with E-state index in [1.807, 2.05) is 0 Å². The minimum atomic E-state index is -1.48. The van der Waals surface area contributed by atoms with Crippen molar-refractivity contribution in [2.45, 2.75) is 12.5 Å².